The molecular weight excluding hydrogens is 222 g/mol. The topological polar surface area (TPSA) is 20.3 Å². The van der Waals surface area contributed by atoms with Crippen molar-refractivity contribution in [1.29, 1.82) is 0 Å². The molecule has 0 bridgehead atoms. The van der Waals surface area contributed by atoms with E-state index in [1.54, 1.807) is 0 Å². The minimum Gasteiger partial charge on any atom is -0.339 e. The third kappa shape index (κ3) is 2.38. The first-order valence-electron chi connectivity index (χ1n) is 5.67. The number of likely N-dealkylation sites (tertiary alicyclic amines) is 1. The highest BCUT2D eigenvalue weighted by Gasteiger charge is 2.22. The monoisotopic (exact) mass is 237 g/mol. The molecule has 1 aliphatic rings. The van der Waals surface area contributed by atoms with Crippen LogP contribution in [-0.4, -0.2) is 29.3 Å². The molecule has 0 aliphatic carbocycles. The van der Waals surface area contributed by atoms with Crippen molar-refractivity contribution in [3.05, 3.63) is 35.4 Å². The Balaban J connectivity index is 2.11. The van der Waals surface area contributed by atoms with Crippen molar-refractivity contribution >= 4 is 17.5 Å². The van der Waals surface area contributed by atoms with Crippen LogP contribution in [0.4, 0.5) is 0 Å². The van der Waals surface area contributed by atoms with E-state index in [1.165, 1.54) is 0 Å². The summed E-state index contributed by atoms with van der Waals surface area (Å²) in [5.41, 5.74) is 1.86. The number of alkyl halides is 1. The molecule has 1 fully saturated rings. The number of benzene rings is 1. The summed E-state index contributed by atoms with van der Waals surface area (Å²) in [6.45, 7) is 3.53. The largest absolute Gasteiger partial charge is 0.339 e. The molecule has 0 aromatic heterocycles. The molecule has 1 heterocycles. The van der Waals surface area contributed by atoms with Gasteiger partial charge in [0.05, 0.1) is 0 Å². The number of aryl methyl sites for hydroxylation is 1. The van der Waals surface area contributed by atoms with Gasteiger partial charge >= 0.3 is 0 Å². The van der Waals surface area contributed by atoms with E-state index in [2.05, 4.69) is 0 Å². The summed E-state index contributed by atoms with van der Waals surface area (Å²) in [7, 11) is 0. The summed E-state index contributed by atoms with van der Waals surface area (Å²) in [6.07, 6.45) is 1.80. The molecule has 1 aromatic rings. The first-order chi connectivity index (χ1) is 7.68. The van der Waals surface area contributed by atoms with Crippen LogP contribution in [0.1, 0.15) is 28.8 Å². The molecule has 0 atom stereocenters. The van der Waals surface area contributed by atoms with E-state index in [1.807, 2.05) is 36.1 Å². The normalized spacial score (nSPS) is 17.5. The Hall–Kier alpha value is -1.02. The number of amides is 1. The van der Waals surface area contributed by atoms with Crippen molar-refractivity contribution in [2.24, 2.45) is 0 Å². The summed E-state index contributed by atoms with van der Waals surface area (Å²) in [5.74, 6) is 0.140. The van der Waals surface area contributed by atoms with Gasteiger partial charge in [-0.2, -0.15) is 0 Å². The molecule has 0 spiro atoms. The zero-order chi connectivity index (χ0) is 11.5. The third-order valence-electron chi connectivity index (χ3n) is 3.09. The molecule has 3 heteroatoms. The van der Waals surface area contributed by atoms with Crippen molar-refractivity contribution in [3.8, 4) is 0 Å². The Morgan fingerprint density at radius 1 is 1.31 bits per heavy atom. The Kier molecular flexibility index (Phi) is 3.49. The average Bonchev–Trinajstić information content (AvgIpc) is 2.30. The number of nitrogens with zero attached hydrogens (tertiary/aromatic N) is 1. The van der Waals surface area contributed by atoms with Crippen LogP contribution in [0, 0.1) is 6.92 Å². The fraction of sp³-hybridized carbons (Fsp3) is 0.462. The molecule has 86 valence electrons. The molecule has 0 unspecified atom stereocenters. The van der Waals surface area contributed by atoms with Crippen LogP contribution in [0.5, 0.6) is 0 Å². The summed E-state index contributed by atoms with van der Waals surface area (Å²) >= 11 is 6.03. The number of carbonyl (C=O) groups is 1. The second kappa shape index (κ2) is 4.88. The molecule has 1 saturated heterocycles. The lowest BCUT2D eigenvalue weighted by Gasteiger charge is -2.29. The average molecular weight is 238 g/mol. The summed E-state index contributed by atoms with van der Waals surface area (Å²) in [6, 6.07) is 7.73. The molecule has 0 N–H and O–H groups in total. The summed E-state index contributed by atoms with van der Waals surface area (Å²) < 4.78 is 0. The first kappa shape index (κ1) is 11.5. The molecule has 16 heavy (non-hydrogen) atoms. The van der Waals surface area contributed by atoms with Crippen LogP contribution >= 0.6 is 11.6 Å². The molecule has 0 saturated carbocycles. The quantitative estimate of drug-likeness (QED) is 0.688. The van der Waals surface area contributed by atoms with Crippen LogP contribution in [0.25, 0.3) is 0 Å². The molecule has 1 aromatic carbocycles. The lowest BCUT2D eigenvalue weighted by atomic mass is 10.1. The fourth-order valence-electron chi connectivity index (χ4n) is 2.03. The number of hydrogen-bond acceptors (Lipinski definition) is 1. The van der Waals surface area contributed by atoms with Gasteiger partial charge in [-0.05, 0) is 31.4 Å². The van der Waals surface area contributed by atoms with Crippen LogP contribution < -0.4 is 0 Å². The summed E-state index contributed by atoms with van der Waals surface area (Å²) in [5, 5.41) is 0.237. The van der Waals surface area contributed by atoms with Gasteiger partial charge in [0.25, 0.3) is 5.91 Å². The molecule has 2 rings (SSSR count). The fourth-order valence-corrected chi connectivity index (χ4v) is 2.23. The van der Waals surface area contributed by atoms with Gasteiger partial charge in [0.1, 0.15) is 0 Å². The van der Waals surface area contributed by atoms with E-state index in [0.717, 1.165) is 37.1 Å². The van der Waals surface area contributed by atoms with E-state index in [9.17, 15) is 4.79 Å². The minimum absolute atomic E-state index is 0.140. The maximum Gasteiger partial charge on any atom is 0.254 e. The van der Waals surface area contributed by atoms with Gasteiger partial charge in [-0.1, -0.05) is 18.2 Å². The highest BCUT2D eigenvalue weighted by Crippen LogP contribution is 2.18. The van der Waals surface area contributed by atoms with E-state index in [-0.39, 0.29) is 11.3 Å². The predicted octanol–water partition coefficient (Wildman–Crippen LogP) is 2.84. The maximum atomic E-state index is 12.2. The Bertz CT molecular complexity index is 383. The van der Waals surface area contributed by atoms with Crippen molar-refractivity contribution < 1.29 is 4.79 Å². The number of carbonyl (C=O) groups excluding carboxylic acids is 1. The Labute approximate surface area is 101 Å². The van der Waals surface area contributed by atoms with Gasteiger partial charge in [-0.25, -0.2) is 0 Å². The van der Waals surface area contributed by atoms with Crippen molar-refractivity contribution in [3.63, 3.8) is 0 Å². The van der Waals surface area contributed by atoms with Crippen LogP contribution in [-0.2, 0) is 0 Å². The predicted molar refractivity (Wildman–Crippen MR) is 66.0 cm³/mol. The van der Waals surface area contributed by atoms with Gasteiger partial charge in [0.15, 0.2) is 0 Å². The second-order valence-electron chi connectivity index (χ2n) is 4.28. The zero-order valence-corrected chi connectivity index (χ0v) is 10.2. The van der Waals surface area contributed by atoms with Crippen LogP contribution in [0.3, 0.4) is 0 Å². The van der Waals surface area contributed by atoms with Crippen LogP contribution in [0.15, 0.2) is 24.3 Å². The number of halogens is 1. The van der Waals surface area contributed by atoms with Gasteiger partial charge in [-0.3, -0.25) is 4.79 Å². The number of rotatable bonds is 1. The number of piperidine rings is 1. The Morgan fingerprint density at radius 2 is 1.94 bits per heavy atom. The van der Waals surface area contributed by atoms with E-state index in [0.29, 0.717) is 0 Å². The molecule has 1 aliphatic heterocycles. The molecule has 0 radical (unpaired) electrons. The maximum absolute atomic E-state index is 12.2. The van der Waals surface area contributed by atoms with Crippen LogP contribution in [0.2, 0.25) is 0 Å². The first-order valence-corrected chi connectivity index (χ1v) is 6.11. The highest BCUT2D eigenvalue weighted by atomic mass is 35.5. The number of hydrogen-bond donors (Lipinski definition) is 0. The van der Waals surface area contributed by atoms with Gasteiger partial charge < -0.3 is 4.90 Å². The standard InChI is InChI=1S/C13H16ClNO/c1-10-4-2-3-5-12(10)13(16)15-8-6-11(14)7-9-15/h2-5,11H,6-9H2,1H3. The molecule has 1 amide bonds. The van der Waals surface area contributed by atoms with E-state index < -0.39 is 0 Å². The van der Waals surface area contributed by atoms with Crippen molar-refractivity contribution in [1.82, 2.24) is 4.90 Å². The molecule has 2 nitrogen and oxygen atoms in total. The van der Waals surface area contributed by atoms with E-state index >= 15 is 0 Å². The third-order valence-corrected chi connectivity index (χ3v) is 3.52. The lowest BCUT2D eigenvalue weighted by Crippen LogP contribution is -2.39. The van der Waals surface area contributed by atoms with E-state index in [4.69, 9.17) is 11.6 Å². The lowest BCUT2D eigenvalue weighted by molar-refractivity contribution is 0.0726. The van der Waals surface area contributed by atoms with Crippen molar-refractivity contribution in [2.45, 2.75) is 25.1 Å². The zero-order valence-electron chi connectivity index (χ0n) is 9.45. The second-order valence-corrected chi connectivity index (χ2v) is 4.90. The highest BCUT2D eigenvalue weighted by molar-refractivity contribution is 6.20. The smallest absolute Gasteiger partial charge is 0.254 e. The molecular formula is C13H16ClNO. The minimum atomic E-state index is 0.140. The summed E-state index contributed by atoms with van der Waals surface area (Å²) in [4.78, 5) is 14.1. The van der Waals surface area contributed by atoms with Gasteiger partial charge in [0.2, 0.25) is 0 Å². The van der Waals surface area contributed by atoms with Gasteiger partial charge in [-0.15, -0.1) is 11.6 Å². The van der Waals surface area contributed by atoms with Crippen molar-refractivity contribution in [2.75, 3.05) is 13.1 Å². The Morgan fingerprint density at radius 3 is 2.56 bits per heavy atom. The SMILES string of the molecule is Cc1ccccc1C(=O)N1CCC(Cl)CC1. The van der Waals surface area contributed by atoms with Gasteiger partial charge in [0, 0.05) is 24.0 Å².